The van der Waals surface area contributed by atoms with E-state index < -0.39 is 29.5 Å². The molecule has 2 aromatic heterocycles. The van der Waals surface area contributed by atoms with Crippen LogP contribution in [0.1, 0.15) is 35.5 Å². The maximum atomic E-state index is 13.5. The Morgan fingerprint density at radius 1 is 1.17 bits per heavy atom. The van der Waals surface area contributed by atoms with Crippen molar-refractivity contribution < 1.29 is 31.9 Å². The molecule has 13 heteroatoms. The highest BCUT2D eigenvalue weighted by atomic mass is 19.4. The predicted octanol–water partition coefficient (Wildman–Crippen LogP) is 4.12. The van der Waals surface area contributed by atoms with Crippen LogP contribution in [0.4, 0.5) is 28.0 Å². The number of anilines is 1. The fourth-order valence-electron chi connectivity index (χ4n) is 3.56. The van der Waals surface area contributed by atoms with E-state index in [4.69, 9.17) is 4.74 Å². The lowest BCUT2D eigenvalue weighted by atomic mass is 10.1. The van der Waals surface area contributed by atoms with E-state index >= 15 is 0 Å². The summed E-state index contributed by atoms with van der Waals surface area (Å²) in [6, 6.07) is 2.33. The third kappa shape index (κ3) is 6.08. The van der Waals surface area contributed by atoms with Crippen LogP contribution in [0.5, 0.6) is 5.88 Å². The van der Waals surface area contributed by atoms with Crippen LogP contribution in [0.25, 0.3) is 11.0 Å². The van der Waals surface area contributed by atoms with Crippen LogP contribution < -0.4 is 15.4 Å². The van der Waals surface area contributed by atoms with Crippen LogP contribution in [-0.4, -0.2) is 57.8 Å². The van der Waals surface area contributed by atoms with E-state index in [1.807, 2.05) is 19.2 Å². The number of alkyl halides is 3. The van der Waals surface area contributed by atoms with Crippen molar-refractivity contribution in [2.24, 2.45) is 7.05 Å². The molecule has 194 valence electrons. The van der Waals surface area contributed by atoms with Gasteiger partial charge in [-0.1, -0.05) is 13.8 Å². The number of likely N-dealkylation sites (N-methyl/N-ethyl adjacent to an activating group) is 1. The van der Waals surface area contributed by atoms with Crippen LogP contribution in [0.2, 0.25) is 0 Å². The molecule has 0 spiro atoms. The molecule has 0 radical (unpaired) electrons. The van der Waals surface area contributed by atoms with E-state index in [9.17, 15) is 27.2 Å². The zero-order valence-corrected chi connectivity index (χ0v) is 20.2. The lowest BCUT2D eigenvalue weighted by Gasteiger charge is -2.18. The second-order valence-electron chi connectivity index (χ2n) is 7.90. The number of carbonyl (C=O) groups excluding carboxylic acids is 2. The van der Waals surface area contributed by atoms with Gasteiger partial charge in [0.05, 0.1) is 11.3 Å². The maximum absolute atomic E-state index is 13.5. The zero-order valence-electron chi connectivity index (χ0n) is 20.2. The highest BCUT2D eigenvalue weighted by Crippen LogP contribution is 2.33. The number of hydrogen-bond acceptors (Lipinski definition) is 6. The number of amides is 3. The second kappa shape index (κ2) is 10.9. The Kier molecular flexibility index (Phi) is 8.13. The second-order valence-corrected chi connectivity index (χ2v) is 7.90. The summed E-state index contributed by atoms with van der Waals surface area (Å²) < 4.78 is 59.7. The molecule has 0 fully saturated rings. The van der Waals surface area contributed by atoms with Gasteiger partial charge in [0.1, 0.15) is 18.0 Å². The number of aromatic nitrogens is 3. The van der Waals surface area contributed by atoms with Gasteiger partial charge in [0.25, 0.3) is 5.91 Å². The summed E-state index contributed by atoms with van der Waals surface area (Å²) in [5, 5.41) is 8.99. The first kappa shape index (κ1) is 26.9. The Labute approximate surface area is 204 Å². The van der Waals surface area contributed by atoms with E-state index in [1.54, 1.807) is 14.0 Å². The number of nitrogens with one attached hydrogen (secondary N) is 2. The number of rotatable bonds is 8. The molecule has 0 unspecified atom stereocenters. The third-order valence-corrected chi connectivity index (χ3v) is 5.51. The molecule has 0 saturated carbocycles. The molecule has 2 N–H and O–H groups in total. The van der Waals surface area contributed by atoms with Gasteiger partial charge in [0.2, 0.25) is 5.88 Å². The van der Waals surface area contributed by atoms with E-state index in [2.05, 4.69) is 20.3 Å². The lowest BCUT2D eigenvalue weighted by molar-refractivity contribution is -0.139. The van der Waals surface area contributed by atoms with Crippen LogP contribution in [0.3, 0.4) is 0 Å². The van der Waals surface area contributed by atoms with Crippen molar-refractivity contribution in [1.82, 2.24) is 25.0 Å². The molecular formula is C23H26F4N6O3. The Morgan fingerprint density at radius 3 is 2.50 bits per heavy atom. The molecule has 2 heterocycles. The van der Waals surface area contributed by atoms with Crippen molar-refractivity contribution in [2.75, 3.05) is 31.6 Å². The third-order valence-electron chi connectivity index (χ3n) is 5.51. The molecule has 3 amide bonds. The van der Waals surface area contributed by atoms with E-state index in [-0.39, 0.29) is 23.7 Å². The first-order valence-electron chi connectivity index (χ1n) is 11.1. The molecule has 0 atom stereocenters. The van der Waals surface area contributed by atoms with Gasteiger partial charge in [-0.3, -0.25) is 14.8 Å². The molecule has 0 bridgehead atoms. The summed E-state index contributed by atoms with van der Waals surface area (Å²) in [6.07, 6.45) is -4.95. The predicted molar refractivity (Wildman–Crippen MR) is 124 cm³/mol. The highest BCUT2D eigenvalue weighted by Gasteiger charge is 2.34. The number of benzene rings is 1. The van der Waals surface area contributed by atoms with E-state index in [0.717, 1.165) is 19.2 Å². The molecule has 3 rings (SSSR count). The molecule has 0 saturated heterocycles. The van der Waals surface area contributed by atoms with Gasteiger partial charge in [0, 0.05) is 24.7 Å². The highest BCUT2D eigenvalue weighted by molar-refractivity contribution is 6.10. The summed E-state index contributed by atoms with van der Waals surface area (Å²) >= 11 is 0. The molecular weight excluding hydrogens is 484 g/mol. The van der Waals surface area contributed by atoms with E-state index in [1.165, 1.54) is 10.7 Å². The van der Waals surface area contributed by atoms with Crippen molar-refractivity contribution in [3.8, 4) is 5.88 Å². The van der Waals surface area contributed by atoms with Crippen LogP contribution >= 0.6 is 0 Å². The van der Waals surface area contributed by atoms with E-state index in [0.29, 0.717) is 35.4 Å². The summed E-state index contributed by atoms with van der Waals surface area (Å²) in [5.41, 5.74) is -0.876. The normalized spacial score (nSPS) is 11.7. The molecule has 36 heavy (non-hydrogen) atoms. The molecule has 1 aromatic carbocycles. The van der Waals surface area contributed by atoms with Gasteiger partial charge >= 0.3 is 12.2 Å². The van der Waals surface area contributed by atoms with Gasteiger partial charge < -0.3 is 15.0 Å². The average Bonchev–Trinajstić information content (AvgIpc) is 3.09. The Hall–Kier alpha value is -3.74. The van der Waals surface area contributed by atoms with Gasteiger partial charge in [0.15, 0.2) is 5.65 Å². The number of halogens is 4. The first-order valence-corrected chi connectivity index (χ1v) is 11.1. The number of nitrogens with zero attached hydrogens (tertiary/aromatic N) is 4. The van der Waals surface area contributed by atoms with Crippen molar-refractivity contribution >= 4 is 28.7 Å². The Balaban J connectivity index is 1.83. The number of aryl methyl sites for hydroxylation is 2. The van der Waals surface area contributed by atoms with Crippen LogP contribution in [-0.2, 0) is 13.2 Å². The Morgan fingerprint density at radius 2 is 1.86 bits per heavy atom. The Bertz CT molecular complexity index is 1270. The SMILES string of the molecule is CCN(CC)CCOc1nc2c(cc1C(=O)NC(=O)Nc1ccc(F)c(C(F)(F)F)c1)c(C)nn2C. The maximum Gasteiger partial charge on any atom is 0.419 e. The number of urea groups is 1. The molecule has 9 nitrogen and oxygen atoms in total. The van der Waals surface area contributed by atoms with Crippen molar-refractivity contribution in [3.05, 3.63) is 46.9 Å². The van der Waals surface area contributed by atoms with Gasteiger partial charge in [-0.15, -0.1) is 0 Å². The summed E-state index contributed by atoms with van der Waals surface area (Å²) in [5.74, 6) is -2.40. The number of fused-ring (bicyclic) bond motifs is 1. The largest absolute Gasteiger partial charge is 0.476 e. The number of ether oxygens (including phenoxy) is 1. The van der Waals surface area contributed by atoms with Gasteiger partial charge in [-0.25, -0.2) is 9.18 Å². The monoisotopic (exact) mass is 510 g/mol. The molecule has 0 aliphatic carbocycles. The fourth-order valence-corrected chi connectivity index (χ4v) is 3.56. The lowest BCUT2D eigenvalue weighted by Crippen LogP contribution is -2.35. The smallest absolute Gasteiger partial charge is 0.419 e. The minimum absolute atomic E-state index is 0.0240. The number of hydrogen-bond donors (Lipinski definition) is 2. The van der Waals surface area contributed by atoms with Crippen molar-refractivity contribution in [3.63, 3.8) is 0 Å². The van der Waals surface area contributed by atoms with Crippen LogP contribution in [0.15, 0.2) is 24.3 Å². The minimum Gasteiger partial charge on any atom is -0.476 e. The standard InChI is InChI=1S/C23H26F4N6O3/c1-5-33(6-2)9-10-36-21-16(12-15-13(3)31-32(4)19(15)29-21)20(34)30-22(35)28-14-7-8-18(24)17(11-14)23(25,26)27/h7-8,11-12H,5-6,9-10H2,1-4H3,(H2,28,30,34,35). The van der Waals surface area contributed by atoms with Crippen molar-refractivity contribution in [2.45, 2.75) is 26.9 Å². The van der Waals surface area contributed by atoms with Gasteiger partial charge in [-0.2, -0.15) is 23.3 Å². The van der Waals surface area contributed by atoms with Crippen LogP contribution in [0, 0.1) is 12.7 Å². The summed E-state index contributed by atoms with van der Waals surface area (Å²) in [6.45, 7) is 8.14. The average molecular weight is 510 g/mol. The summed E-state index contributed by atoms with van der Waals surface area (Å²) in [7, 11) is 1.69. The fraction of sp³-hybridized carbons (Fsp3) is 0.391. The zero-order chi connectivity index (χ0) is 26.6. The first-order chi connectivity index (χ1) is 16.9. The summed E-state index contributed by atoms with van der Waals surface area (Å²) in [4.78, 5) is 31.8. The molecule has 0 aliphatic rings. The minimum atomic E-state index is -4.95. The number of carbonyl (C=O) groups is 2. The number of imide groups is 1. The molecule has 0 aliphatic heterocycles. The quantitative estimate of drug-likeness (QED) is 0.442. The molecule has 3 aromatic rings. The number of pyridine rings is 1. The topological polar surface area (TPSA) is 101 Å². The van der Waals surface area contributed by atoms with Gasteiger partial charge in [-0.05, 0) is 44.3 Å². The van der Waals surface area contributed by atoms with Crippen molar-refractivity contribution in [1.29, 1.82) is 0 Å².